The van der Waals surface area contributed by atoms with Gasteiger partial charge >= 0.3 is 5.69 Å². The number of rotatable bonds is 8. The van der Waals surface area contributed by atoms with Crippen LogP contribution in [0.15, 0.2) is 36.4 Å². The molecule has 2 atom stereocenters. The zero-order valence-corrected chi connectivity index (χ0v) is 16.0. The Morgan fingerprint density at radius 1 is 1.03 bits per heavy atom. The van der Waals surface area contributed by atoms with Crippen molar-refractivity contribution in [3.63, 3.8) is 0 Å². The molecular formula is C18H17F2N5O6. The van der Waals surface area contributed by atoms with Crippen molar-refractivity contribution < 1.29 is 28.2 Å². The second-order valence-electron chi connectivity index (χ2n) is 6.39. The fraction of sp³-hybridized carbons (Fsp3) is 0.222. The topological polar surface area (TPSA) is 170 Å². The minimum absolute atomic E-state index is 0.189. The van der Waals surface area contributed by atoms with Crippen molar-refractivity contribution >= 4 is 28.9 Å². The first-order valence-corrected chi connectivity index (χ1v) is 8.74. The molecule has 0 aliphatic heterocycles. The number of benzene rings is 2. The fourth-order valence-corrected chi connectivity index (χ4v) is 2.66. The first kappa shape index (κ1) is 23.3. The number of halogens is 2. The van der Waals surface area contributed by atoms with Crippen molar-refractivity contribution in [2.45, 2.75) is 18.9 Å². The number of nitrogens with one attached hydrogen (secondary N) is 2. The van der Waals surface area contributed by atoms with Gasteiger partial charge in [-0.2, -0.15) is 4.39 Å². The predicted molar refractivity (Wildman–Crippen MR) is 104 cm³/mol. The van der Waals surface area contributed by atoms with Crippen LogP contribution in [0.1, 0.15) is 18.4 Å². The molecule has 0 aliphatic carbocycles. The van der Waals surface area contributed by atoms with Crippen molar-refractivity contribution in [2.75, 3.05) is 11.9 Å². The van der Waals surface area contributed by atoms with Crippen LogP contribution in [-0.2, 0) is 9.59 Å². The van der Waals surface area contributed by atoms with Crippen LogP contribution in [-0.4, -0.2) is 34.2 Å². The Labute approximate surface area is 173 Å². The molecule has 0 radical (unpaired) electrons. The summed E-state index contributed by atoms with van der Waals surface area (Å²) in [6.07, 6.45) is 0. The second kappa shape index (κ2) is 9.67. The summed E-state index contributed by atoms with van der Waals surface area (Å²) >= 11 is 0. The van der Waals surface area contributed by atoms with Crippen molar-refractivity contribution in [1.29, 1.82) is 0 Å². The summed E-state index contributed by atoms with van der Waals surface area (Å²) in [5.74, 6) is -4.55. The molecule has 0 unspecified atom stereocenters. The van der Waals surface area contributed by atoms with E-state index in [0.29, 0.717) is 17.7 Å². The molecule has 0 aromatic heterocycles. The average molecular weight is 437 g/mol. The Hall–Kier alpha value is -4.00. The normalized spacial score (nSPS) is 12.5. The largest absolute Gasteiger partial charge is 0.368 e. The Morgan fingerprint density at radius 3 is 2.13 bits per heavy atom. The Balaban J connectivity index is 2.17. The summed E-state index contributed by atoms with van der Waals surface area (Å²) in [7, 11) is 0. The molecule has 13 heteroatoms. The summed E-state index contributed by atoms with van der Waals surface area (Å²) < 4.78 is 26.9. The van der Waals surface area contributed by atoms with Crippen LogP contribution in [0, 0.1) is 31.9 Å². The fourth-order valence-electron chi connectivity index (χ4n) is 2.66. The lowest BCUT2D eigenvalue weighted by atomic mass is 9.98. The van der Waals surface area contributed by atoms with E-state index in [-0.39, 0.29) is 6.54 Å². The Kier molecular flexibility index (Phi) is 7.26. The zero-order chi connectivity index (χ0) is 23.3. The van der Waals surface area contributed by atoms with Crippen molar-refractivity contribution in [3.05, 3.63) is 73.8 Å². The van der Waals surface area contributed by atoms with E-state index in [1.165, 1.54) is 19.1 Å². The Bertz CT molecular complexity index is 1030. The lowest BCUT2D eigenvalue weighted by Crippen LogP contribution is -2.44. The summed E-state index contributed by atoms with van der Waals surface area (Å²) in [6.45, 7) is 1.05. The molecule has 2 rings (SSSR count). The highest BCUT2D eigenvalue weighted by molar-refractivity contribution is 6.01. The van der Waals surface area contributed by atoms with Gasteiger partial charge in [0.25, 0.3) is 5.69 Å². The van der Waals surface area contributed by atoms with Crippen LogP contribution in [0.4, 0.5) is 25.8 Å². The molecular weight excluding hydrogens is 420 g/mol. The van der Waals surface area contributed by atoms with E-state index in [4.69, 9.17) is 5.73 Å². The number of nitro benzene ring substituents is 2. The van der Waals surface area contributed by atoms with E-state index in [1.807, 2.05) is 0 Å². The van der Waals surface area contributed by atoms with Crippen LogP contribution < -0.4 is 16.4 Å². The van der Waals surface area contributed by atoms with E-state index in [0.717, 1.165) is 12.1 Å². The van der Waals surface area contributed by atoms with Crippen LogP contribution in [0.3, 0.4) is 0 Å². The standard InChI is InChI=1S/C18H17F2N5O6/c1-9(22-14-6-13(20)15(24(28)29)7-16(14)25(30)31)17(26)23-18(27)12(8-21)10-2-4-11(19)5-3-10/h2-7,9,12,22H,8,21H2,1H3,(H,23,26,27)/t9-,12+/m0/s1. The Morgan fingerprint density at radius 2 is 1.61 bits per heavy atom. The lowest BCUT2D eigenvalue weighted by Gasteiger charge is -2.18. The van der Waals surface area contributed by atoms with E-state index in [1.54, 1.807) is 0 Å². The van der Waals surface area contributed by atoms with Gasteiger partial charge in [0.2, 0.25) is 17.6 Å². The molecule has 0 heterocycles. The van der Waals surface area contributed by atoms with Crippen LogP contribution in [0.2, 0.25) is 0 Å². The SMILES string of the molecule is C[C@H](Nc1cc(F)c([N+](=O)[O-])cc1[N+](=O)[O-])C(=O)NC(=O)[C@H](CN)c1ccc(F)cc1. The van der Waals surface area contributed by atoms with Crippen LogP contribution >= 0.6 is 0 Å². The van der Waals surface area contributed by atoms with Gasteiger partial charge in [-0.25, -0.2) is 4.39 Å². The number of carbonyl (C=O) groups is 2. The molecule has 0 spiro atoms. The number of carbonyl (C=O) groups excluding carboxylic acids is 2. The monoisotopic (exact) mass is 437 g/mol. The zero-order valence-electron chi connectivity index (χ0n) is 16.0. The third kappa shape index (κ3) is 5.54. The van der Waals surface area contributed by atoms with Gasteiger partial charge in [0.05, 0.1) is 21.8 Å². The summed E-state index contributed by atoms with van der Waals surface area (Å²) in [5.41, 5.74) is 3.52. The number of hydrogen-bond acceptors (Lipinski definition) is 8. The number of imide groups is 1. The number of amides is 2. The number of nitrogens with zero attached hydrogens (tertiary/aromatic N) is 2. The van der Waals surface area contributed by atoms with Crippen LogP contribution in [0.25, 0.3) is 0 Å². The summed E-state index contributed by atoms with van der Waals surface area (Å²) in [6, 6.07) is 4.59. The number of nitro groups is 2. The highest BCUT2D eigenvalue weighted by atomic mass is 19.1. The molecule has 31 heavy (non-hydrogen) atoms. The molecule has 0 fully saturated rings. The number of hydrogen-bond donors (Lipinski definition) is 3. The molecule has 0 aliphatic rings. The number of anilines is 1. The average Bonchev–Trinajstić information content (AvgIpc) is 2.69. The van der Waals surface area contributed by atoms with Crippen molar-refractivity contribution in [3.8, 4) is 0 Å². The summed E-state index contributed by atoms with van der Waals surface area (Å²) in [4.78, 5) is 44.6. The van der Waals surface area contributed by atoms with E-state index < -0.39 is 62.3 Å². The number of nitrogens with two attached hydrogens (primary N) is 1. The smallest absolute Gasteiger partial charge is 0.311 e. The third-order valence-electron chi connectivity index (χ3n) is 4.29. The molecule has 2 amide bonds. The maximum absolute atomic E-state index is 13.9. The maximum atomic E-state index is 13.9. The van der Waals surface area contributed by atoms with Gasteiger partial charge < -0.3 is 11.1 Å². The lowest BCUT2D eigenvalue weighted by molar-refractivity contribution is -0.395. The van der Waals surface area contributed by atoms with E-state index >= 15 is 0 Å². The first-order valence-electron chi connectivity index (χ1n) is 8.74. The molecule has 11 nitrogen and oxygen atoms in total. The van der Waals surface area contributed by atoms with Crippen LogP contribution in [0.5, 0.6) is 0 Å². The molecule has 2 aromatic rings. The molecule has 0 bridgehead atoms. The molecule has 2 aromatic carbocycles. The molecule has 0 saturated heterocycles. The highest BCUT2D eigenvalue weighted by Crippen LogP contribution is 2.32. The minimum atomic E-state index is -1.35. The first-order chi connectivity index (χ1) is 14.5. The van der Waals surface area contributed by atoms with E-state index in [2.05, 4.69) is 10.6 Å². The minimum Gasteiger partial charge on any atom is -0.368 e. The summed E-state index contributed by atoms with van der Waals surface area (Å²) in [5, 5.41) is 26.4. The molecule has 4 N–H and O–H groups in total. The quantitative estimate of drug-likeness (QED) is 0.415. The van der Waals surface area contributed by atoms with Crippen molar-refractivity contribution in [2.24, 2.45) is 5.73 Å². The second-order valence-corrected chi connectivity index (χ2v) is 6.39. The van der Waals surface area contributed by atoms with Gasteiger partial charge in [0.15, 0.2) is 0 Å². The predicted octanol–water partition coefficient (Wildman–Crippen LogP) is 1.97. The van der Waals surface area contributed by atoms with Gasteiger partial charge in [-0.3, -0.25) is 35.1 Å². The third-order valence-corrected chi connectivity index (χ3v) is 4.29. The highest BCUT2D eigenvalue weighted by Gasteiger charge is 2.28. The van der Waals surface area contributed by atoms with Crippen molar-refractivity contribution in [1.82, 2.24) is 5.32 Å². The van der Waals surface area contributed by atoms with Gasteiger partial charge in [0, 0.05) is 12.6 Å². The van der Waals surface area contributed by atoms with Gasteiger partial charge in [-0.15, -0.1) is 0 Å². The van der Waals surface area contributed by atoms with Gasteiger partial charge in [-0.1, -0.05) is 12.1 Å². The van der Waals surface area contributed by atoms with Gasteiger partial charge in [-0.05, 0) is 24.6 Å². The maximum Gasteiger partial charge on any atom is 0.311 e. The van der Waals surface area contributed by atoms with Gasteiger partial charge in [0.1, 0.15) is 17.5 Å². The van der Waals surface area contributed by atoms with E-state index in [9.17, 15) is 38.6 Å². The molecule has 164 valence electrons. The molecule has 0 saturated carbocycles.